The number of rotatable bonds is 5. The smallest absolute Gasteiger partial charge is 0.274 e. The van der Waals surface area contributed by atoms with Gasteiger partial charge in [0.2, 0.25) is 5.91 Å². The molecule has 2 aromatic rings. The van der Waals surface area contributed by atoms with E-state index in [1.807, 2.05) is 11.0 Å². The monoisotopic (exact) mass is 376 g/mol. The quantitative estimate of drug-likeness (QED) is 0.754. The zero-order chi connectivity index (χ0) is 17.9. The van der Waals surface area contributed by atoms with Gasteiger partial charge in [0.05, 0.1) is 4.70 Å². The van der Waals surface area contributed by atoms with E-state index in [4.69, 9.17) is 4.74 Å². The first-order valence-corrected chi connectivity index (χ1v) is 10.5. The Kier molecular flexibility index (Phi) is 5.38. The molecular formula is C20H25FN2O2S. The summed E-state index contributed by atoms with van der Waals surface area (Å²) in [4.78, 5) is 18.7. The number of thiazole rings is 1. The van der Waals surface area contributed by atoms with Crippen molar-refractivity contribution in [1.29, 1.82) is 0 Å². The number of carbonyl (C=O) groups excluding carboxylic acids is 1. The van der Waals surface area contributed by atoms with Crippen molar-refractivity contribution >= 4 is 27.5 Å². The minimum atomic E-state index is -0.309. The van der Waals surface area contributed by atoms with E-state index in [1.54, 1.807) is 6.07 Å². The van der Waals surface area contributed by atoms with Crippen LogP contribution in [0.15, 0.2) is 18.2 Å². The summed E-state index contributed by atoms with van der Waals surface area (Å²) in [6, 6.07) is 4.96. The molecular weight excluding hydrogens is 351 g/mol. The number of para-hydroxylation sites is 1. The van der Waals surface area contributed by atoms with E-state index in [0.29, 0.717) is 17.1 Å². The maximum atomic E-state index is 13.7. The minimum Gasteiger partial charge on any atom is -0.467 e. The predicted molar refractivity (Wildman–Crippen MR) is 101 cm³/mol. The molecule has 0 unspecified atom stereocenters. The lowest BCUT2D eigenvalue weighted by atomic mass is 10.0. The normalized spacial score (nSPS) is 19.3. The van der Waals surface area contributed by atoms with Gasteiger partial charge in [0, 0.05) is 32.4 Å². The van der Waals surface area contributed by atoms with Crippen molar-refractivity contribution < 1.29 is 13.9 Å². The molecule has 1 amide bonds. The fraction of sp³-hybridized carbons (Fsp3) is 0.600. The van der Waals surface area contributed by atoms with E-state index in [9.17, 15) is 9.18 Å². The Balaban J connectivity index is 1.26. The van der Waals surface area contributed by atoms with E-state index in [0.717, 1.165) is 43.0 Å². The zero-order valence-electron chi connectivity index (χ0n) is 15.0. The zero-order valence-corrected chi connectivity index (χ0v) is 15.8. The fourth-order valence-corrected chi connectivity index (χ4v) is 4.99. The van der Waals surface area contributed by atoms with Gasteiger partial charge in [-0.2, -0.15) is 4.98 Å². The number of fused-ring (bicyclic) bond motifs is 1. The number of aromatic nitrogens is 1. The number of benzene rings is 1. The molecule has 1 aliphatic heterocycles. The molecule has 4 nitrogen and oxygen atoms in total. The molecule has 26 heavy (non-hydrogen) atoms. The maximum absolute atomic E-state index is 13.7. The third-order valence-electron chi connectivity index (χ3n) is 5.65. The van der Waals surface area contributed by atoms with Crippen molar-refractivity contribution in [2.75, 3.05) is 13.1 Å². The number of ether oxygens (including phenoxy) is 1. The van der Waals surface area contributed by atoms with Crippen LogP contribution in [0.4, 0.5) is 4.39 Å². The Morgan fingerprint density at radius 1 is 1.23 bits per heavy atom. The van der Waals surface area contributed by atoms with Crippen LogP contribution in [-0.4, -0.2) is 35.0 Å². The van der Waals surface area contributed by atoms with Gasteiger partial charge in [-0.25, -0.2) is 4.39 Å². The van der Waals surface area contributed by atoms with Crippen LogP contribution in [0, 0.1) is 11.7 Å². The van der Waals surface area contributed by atoms with E-state index in [1.165, 1.54) is 43.1 Å². The number of carbonyl (C=O) groups is 1. The molecule has 0 bridgehead atoms. The molecule has 4 rings (SSSR count). The van der Waals surface area contributed by atoms with Gasteiger partial charge in [0.1, 0.15) is 17.4 Å². The van der Waals surface area contributed by atoms with Crippen molar-refractivity contribution in [1.82, 2.24) is 9.88 Å². The van der Waals surface area contributed by atoms with Gasteiger partial charge in [-0.15, -0.1) is 0 Å². The van der Waals surface area contributed by atoms with E-state index in [-0.39, 0.29) is 17.8 Å². The van der Waals surface area contributed by atoms with Gasteiger partial charge in [-0.1, -0.05) is 43.1 Å². The van der Waals surface area contributed by atoms with Crippen molar-refractivity contribution in [3.05, 3.63) is 24.0 Å². The van der Waals surface area contributed by atoms with Crippen LogP contribution in [0.1, 0.15) is 51.4 Å². The van der Waals surface area contributed by atoms with Crippen molar-refractivity contribution in [2.24, 2.45) is 5.92 Å². The fourth-order valence-electron chi connectivity index (χ4n) is 4.10. The van der Waals surface area contributed by atoms with Gasteiger partial charge < -0.3 is 9.64 Å². The number of hydrogen-bond donors (Lipinski definition) is 0. The number of piperidine rings is 1. The lowest BCUT2D eigenvalue weighted by Crippen LogP contribution is -2.41. The van der Waals surface area contributed by atoms with Crippen LogP contribution in [0.25, 0.3) is 10.2 Å². The highest BCUT2D eigenvalue weighted by Crippen LogP contribution is 2.31. The molecule has 0 atom stereocenters. The molecule has 0 spiro atoms. The second-order valence-electron chi connectivity index (χ2n) is 7.45. The molecule has 2 heterocycles. The van der Waals surface area contributed by atoms with Gasteiger partial charge >= 0.3 is 0 Å². The molecule has 2 fully saturated rings. The molecule has 0 radical (unpaired) electrons. The van der Waals surface area contributed by atoms with Crippen LogP contribution < -0.4 is 4.74 Å². The number of amides is 1. The van der Waals surface area contributed by atoms with Crippen LogP contribution in [0.5, 0.6) is 5.19 Å². The van der Waals surface area contributed by atoms with E-state index in [2.05, 4.69) is 4.98 Å². The highest BCUT2D eigenvalue weighted by molar-refractivity contribution is 7.20. The summed E-state index contributed by atoms with van der Waals surface area (Å²) < 4.78 is 20.5. The third-order valence-corrected chi connectivity index (χ3v) is 6.56. The summed E-state index contributed by atoms with van der Waals surface area (Å²) in [7, 11) is 0. The molecule has 6 heteroatoms. The van der Waals surface area contributed by atoms with Gasteiger partial charge in [0.25, 0.3) is 5.19 Å². The molecule has 1 aromatic heterocycles. The Morgan fingerprint density at radius 3 is 2.73 bits per heavy atom. The Morgan fingerprint density at radius 2 is 2.00 bits per heavy atom. The first-order valence-electron chi connectivity index (χ1n) is 9.68. The maximum Gasteiger partial charge on any atom is 0.274 e. The molecule has 1 saturated carbocycles. The first kappa shape index (κ1) is 17.7. The highest BCUT2D eigenvalue weighted by atomic mass is 32.1. The van der Waals surface area contributed by atoms with Gasteiger partial charge in [-0.3, -0.25) is 4.79 Å². The number of nitrogens with zero attached hydrogens (tertiary/aromatic N) is 2. The number of likely N-dealkylation sites (tertiary alicyclic amines) is 1. The molecule has 2 aliphatic rings. The summed E-state index contributed by atoms with van der Waals surface area (Å²) >= 11 is 1.38. The SMILES string of the molecule is O=C(CCC1CCCC1)N1CCC(Oc2nc3c(F)cccc3s2)CC1. The largest absolute Gasteiger partial charge is 0.467 e. The second-order valence-corrected chi connectivity index (χ2v) is 8.45. The van der Waals surface area contributed by atoms with Crippen LogP contribution >= 0.6 is 11.3 Å². The van der Waals surface area contributed by atoms with E-state index >= 15 is 0 Å². The van der Waals surface area contributed by atoms with Crippen molar-refractivity contribution in [2.45, 2.75) is 57.5 Å². The first-order chi connectivity index (χ1) is 12.7. The third kappa shape index (κ3) is 4.00. The van der Waals surface area contributed by atoms with Crippen LogP contribution in [0.2, 0.25) is 0 Å². The van der Waals surface area contributed by atoms with E-state index < -0.39 is 0 Å². The second kappa shape index (κ2) is 7.91. The molecule has 1 aliphatic carbocycles. The number of halogens is 1. The summed E-state index contributed by atoms with van der Waals surface area (Å²) in [6.45, 7) is 1.49. The van der Waals surface area contributed by atoms with Crippen LogP contribution in [0.3, 0.4) is 0 Å². The standard InChI is InChI=1S/C20H25FN2O2S/c21-16-6-3-7-17-19(16)22-20(26-17)25-15-10-12-23(13-11-15)18(24)9-8-14-4-1-2-5-14/h3,6-7,14-15H,1-2,4-5,8-13H2. The Bertz CT molecular complexity index is 764. The predicted octanol–water partition coefficient (Wildman–Crippen LogP) is 4.78. The topological polar surface area (TPSA) is 42.4 Å². The summed E-state index contributed by atoms with van der Waals surface area (Å²) in [5, 5.41) is 0.524. The van der Waals surface area contributed by atoms with Crippen molar-refractivity contribution in [3.8, 4) is 5.19 Å². The Labute approximate surface area is 157 Å². The minimum absolute atomic E-state index is 0.0532. The molecule has 0 N–H and O–H groups in total. The average molecular weight is 376 g/mol. The highest BCUT2D eigenvalue weighted by Gasteiger charge is 2.25. The Hall–Kier alpha value is -1.69. The average Bonchev–Trinajstić information content (AvgIpc) is 3.30. The summed E-state index contributed by atoms with van der Waals surface area (Å²) in [6.07, 6.45) is 8.67. The van der Waals surface area contributed by atoms with Gasteiger partial charge in [0.15, 0.2) is 0 Å². The molecule has 140 valence electrons. The lowest BCUT2D eigenvalue weighted by Gasteiger charge is -2.32. The summed E-state index contributed by atoms with van der Waals surface area (Å²) in [5.41, 5.74) is 0.382. The molecule has 1 saturated heterocycles. The summed E-state index contributed by atoms with van der Waals surface area (Å²) in [5.74, 6) is 0.743. The lowest BCUT2D eigenvalue weighted by molar-refractivity contribution is -0.133. The molecule has 1 aromatic carbocycles. The van der Waals surface area contributed by atoms with Crippen LogP contribution in [-0.2, 0) is 4.79 Å². The number of hydrogen-bond acceptors (Lipinski definition) is 4. The van der Waals surface area contributed by atoms with Crippen molar-refractivity contribution in [3.63, 3.8) is 0 Å². The van der Waals surface area contributed by atoms with Gasteiger partial charge in [-0.05, 0) is 24.5 Å².